The van der Waals surface area contributed by atoms with Crippen molar-refractivity contribution in [1.82, 2.24) is 10.6 Å². The van der Waals surface area contributed by atoms with Crippen LogP contribution in [0.4, 0.5) is 4.79 Å². The Kier molecular flexibility index (Phi) is 5.78. The average Bonchev–Trinajstić information content (AvgIpc) is 2.55. The Morgan fingerprint density at radius 1 is 1.12 bits per heavy atom. The van der Waals surface area contributed by atoms with Crippen LogP contribution in [0.1, 0.15) is 18.1 Å². The number of para-hydroxylation sites is 1. The Balaban J connectivity index is 2.02. The molecule has 2 rings (SSSR count). The standard InChI is InChI=1S/C18H21N3O3/c1-12-7-9-15(10-8-12)24-16-6-4-3-5-14(16)11-20-17(22)13(2)21-18(19)23/h3-10,13H,11H2,1-2H3,(H,20,22)(H3,19,21,23)/t13-/m1/s1. The maximum absolute atomic E-state index is 11.9. The summed E-state index contributed by atoms with van der Waals surface area (Å²) in [6, 6.07) is 13.7. The zero-order valence-corrected chi connectivity index (χ0v) is 13.7. The summed E-state index contributed by atoms with van der Waals surface area (Å²) >= 11 is 0. The molecule has 0 heterocycles. The third kappa shape index (κ3) is 5.01. The first-order chi connectivity index (χ1) is 11.5. The largest absolute Gasteiger partial charge is 0.457 e. The van der Waals surface area contributed by atoms with Crippen molar-refractivity contribution < 1.29 is 14.3 Å². The number of nitrogens with one attached hydrogen (secondary N) is 2. The van der Waals surface area contributed by atoms with Crippen molar-refractivity contribution in [2.45, 2.75) is 26.4 Å². The Bertz CT molecular complexity index is 714. The third-order valence-corrected chi connectivity index (χ3v) is 3.43. The van der Waals surface area contributed by atoms with Gasteiger partial charge in [0, 0.05) is 12.1 Å². The van der Waals surface area contributed by atoms with E-state index in [1.165, 1.54) is 0 Å². The van der Waals surface area contributed by atoms with Gasteiger partial charge in [-0.15, -0.1) is 0 Å². The number of hydrogen-bond donors (Lipinski definition) is 3. The first-order valence-electron chi connectivity index (χ1n) is 7.62. The Labute approximate surface area is 141 Å². The summed E-state index contributed by atoms with van der Waals surface area (Å²) in [6.07, 6.45) is 0. The second kappa shape index (κ2) is 8.01. The molecule has 4 N–H and O–H groups in total. The molecule has 0 radical (unpaired) electrons. The van der Waals surface area contributed by atoms with Crippen molar-refractivity contribution in [3.63, 3.8) is 0 Å². The molecule has 0 aromatic heterocycles. The number of amides is 3. The number of primary amides is 1. The first kappa shape index (κ1) is 17.3. The summed E-state index contributed by atoms with van der Waals surface area (Å²) in [5.41, 5.74) is 6.99. The van der Waals surface area contributed by atoms with Crippen LogP contribution in [-0.2, 0) is 11.3 Å². The van der Waals surface area contributed by atoms with Crippen LogP contribution in [-0.4, -0.2) is 18.0 Å². The molecule has 0 saturated heterocycles. The van der Waals surface area contributed by atoms with Gasteiger partial charge in [-0.2, -0.15) is 0 Å². The first-order valence-corrected chi connectivity index (χ1v) is 7.62. The summed E-state index contributed by atoms with van der Waals surface area (Å²) in [6.45, 7) is 3.86. The molecule has 0 aliphatic carbocycles. The molecule has 0 fully saturated rings. The summed E-state index contributed by atoms with van der Waals surface area (Å²) in [7, 11) is 0. The van der Waals surface area contributed by atoms with Crippen LogP contribution in [0.25, 0.3) is 0 Å². The van der Waals surface area contributed by atoms with Crippen molar-refractivity contribution in [3.05, 3.63) is 59.7 Å². The molecule has 6 heteroatoms. The van der Waals surface area contributed by atoms with Crippen LogP contribution in [0.15, 0.2) is 48.5 Å². The molecule has 0 bridgehead atoms. The van der Waals surface area contributed by atoms with E-state index >= 15 is 0 Å². The molecule has 126 valence electrons. The minimum absolute atomic E-state index is 0.283. The van der Waals surface area contributed by atoms with Gasteiger partial charge in [0.2, 0.25) is 5.91 Å². The van der Waals surface area contributed by atoms with E-state index < -0.39 is 12.1 Å². The molecule has 0 saturated carbocycles. The van der Waals surface area contributed by atoms with Crippen molar-refractivity contribution >= 4 is 11.9 Å². The molecule has 0 unspecified atom stereocenters. The topological polar surface area (TPSA) is 93.4 Å². The predicted octanol–water partition coefficient (Wildman–Crippen LogP) is 2.46. The molecule has 2 aromatic rings. The normalized spacial score (nSPS) is 11.4. The van der Waals surface area contributed by atoms with E-state index in [4.69, 9.17) is 10.5 Å². The highest BCUT2D eigenvalue weighted by atomic mass is 16.5. The monoisotopic (exact) mass is 327 g/mol. The molecule has 2 aromatic carbocycles. The van der Waals surface area contributed by atoms with Gasteiger partial charge >= 0.3 is 6.03 Å². The number of hydrogen-bond acceptors (Lipinski definition) is 3. The molecular weight excluding hydrogens is 306 g/mol. The van der Waals surface area contributed by atoms with Gasteiger partial charge in [0.1, 0.15) is 17.5 Å². The van der Waals surface area contributed by atoms with Crippen LogP contribution in [0.5, 0.6) is 11.5 Å². The van der Waals surface area contributed by atoms with E-state index in [0.717, 1.165) is 16.9 Å². The minimum Gasteiger partial charge on any atom is -0.457 e. The average molecular weight is 327 g/mol. The van der Waals surface area contributed by atoms with Gasteiger partial charge in [-0.3, -0.25) is 4.79 Å². The number of nitrogens with two attached hydrogens (primary N) is 1. The van der Waals surface area contributed by atoms with Crippen molar-refractivity contribution in [3.8, 4) is 11.5 Å². The molecule has 1 atom stereocenters. The van der Waals surface area contributed by atoms with Gasteiger partial charge in [-0.25, -0.2) is 4.79 Å². The van der Waals surface area contributed by atoms with Crippen LogP contribution in [0.2, 0.25) is 0 Å². The fraction of sp³-hybridized carbons (Fsp3) is 0.222. The smallest absolute Gasteiger partial charge is 0.312 e. The van der Waals surface area contributed by atoms with E-state index in [-0.39, 0.29) is 12.5 Å². The zero-order chi connectivity index (χ0) is 17.5. The molecule has 0 spiro atoms. The lowest BCUT2D eigenvalue weighted by atomic mass is 10.2. The minimum atomic E-state index is -0.735. The fourth-order valence-corrected chi connectivity index (χ4v) is 2.10. The molecule has 6 nitrogen and oxygen atoms in total. The summed E-state index contributed by atoms with van der Waals surface area (Å²) < 4.78 is 5.88. The van der Waals surface area contributed by atoms with E-state index in [2.05, 4.69) is 10.6 Å². The van der Waals surface area contributed by atoms with Gasteiger partial charge in [0.25, 0.3) is 0 Å². The highest BCUT2D eigenvalue weighted by Crippen LogP contribution is 2.25. The Morgan fingerprint density at radius 3 is 2.46 bits per heavy atom. The maximum atomic E-state index is 11.9. The zero-order valence-electron chi connectivity index (χ0n) is 13.7. The predicted molar refractivity (Wildman–Crippen MR) is 91.7 cm³/mol. The summed E-state index contributed by atoms with van der Waals surface area (Å²) in [5.74, 6) is 1.07. The number of rotatable bonds is 6. The Morgan fingerprint density at radius 2 is 1.79 bits per heavy atom. The number of benzene rings is 2. The second-order valence-corrected chi connectivity index (χ2v) is 5.47. The number of ether oxygens (including phenoxy) is 1. The number of urea groups is 1. The molecule has 3 amide bonds. The lowest BCUT2D eigenvalue weighted by Crippen LogP contribution is -2.46. The van der Waals surface area contributed by atoms with Gasteiger partial charge < -0.3 is 21.1 Å². The van der Waals surface area contributed by atoms with Crippen LogP contribution in [0, 0.1) is 6.92 Å². The van der Waals surface area contributed by atoms with E-state index in [1.807, 2.05) is 55.5 Å². The number of carbonyl (C=O) groups excluding carboxylic acids is 2. The van der Waals surface area contributed by atoms with Crippen LogP contribution < -0.4 is 21.1 Å². The molecular formula is C18H21N3O3. The van der Waals surface area contributed by atoms with Crippen LogP contribution >= 0.6 is 0 Å². The SMILES string of the molecule is Cc1ccc(Oc2ccccc2CNC(=O)[C@@H](C)NC(N)=O)cc1. The van der Waals surface area contributed by atoms with Crippen LogP contribution in [0.3, 0.4) is 0 Å². The third-order valence-electron chi connectivity index (χ3n) is 3.43. The van der Waals surface area contributed by atoms with Gasteiger partial charge in [0.05, 0.1) is 0 Å². The molecule has 24 heavy (non-hydrogen) atoms. The second-order valence-electron chi connectivity index (χ2n) is 5.47. The fourth-order valence-electron chi connectivity index (χ4n) is 2.10. The van der Waals surface area contributed by atoms with Gasteiger partial charge in [-0.1, -0.05) is 35.9 Å². The summed E-state index contributed by atoms with van der Waals surface area (Å²) in [4.78, 5) is 22.7. The number of carbonyl (C=O) groups is 2. The Hall–Kier alpha value is -3.02. The van der Waals surface area contributed by atoms with E-state index in [9.17, 15) is 9.59 Å². The quantitative estimate of drug-likeness (QED) is 0.761. The summed E-state index contributed by atoms with van der Waals surface area (Å²) in [5, 5.41) is 5.08. The van der Waals surface area contributed by atoms with Crippen molar-refractivity contribution in [1.29, 1.82) is 0 Å². The van der Waals surface area contributed by atoms with E-state index in [0.29, 0.717) is 5.75 Å². The molecule has 0 aliphatic rings. The van der Waals surface area contributed by atoms with E-state index in [1.54, 1.807) is 6.92 Å². The highest BCUT2D eigenvalue weighted by Gasteiger charge is 2.14. The molecule has 0 aliphatic heterocycles. The lowest BCUT2D eigenvalue weighted by Gasteiger charge is -2.15. The van der Waals surface area contributed by atoms with Gasteiger partial charge in [-0.05, 0) is 32.0 Å². The highest BCUT2D eigenvalue weighted by molar-refractivity contribution is 5.86. The van der Waals surface area contributed by atoms with Crippen molar-refractivity contribution in [2.75, 3.05) is 0 Å². The van der Waals surface area contributed by atoms with Gasteiger partial charge in [0.15, 0.2) is 0 Å². The lowest BCUT2D eigenvalue weighted by molar-refractivity contribution is -0.122. The maximum Gasteiger partial charge on any atom is 0.312 e. The van der Waals surface area contributed by atoms with Crippen molar-refractivity contribution in [2.24, 2.45) is 5.73 Å². The number of aryl methyl sites for hydroxylation is 1.